The van der Waals surface area contributed by atoms with Crippen molar-refractivity contribution in [1.82, 2.24) is 0 Å². The molecule has 3 aliphatic rings. The number of thioether (sulfide) groups is 1. The van der Waals surface area contributed by atoms with Crippen molar-refractivity contribution in [1.29, 1.82) is 0 Å². The third-order valence-corrected chi connectivity index (χ3v) is 6.20. The van der Waals surface area contributed by atoms with E-state index in [4.69, 9.17) is 4.74 Å². The minimum atomic E-state index is 0.441. The maximum Gasteiger partial charge on any atom is 0.0989 e. The lowest BCUT2D eigenvalue weighted by molar-refractivity contribution is 0.0905. The molecule has 1 saturated carbocycles. The van der Waals surface area contributed by atoms with Gasteiger partial charge in [0.25, 0.3) is 0 Å². The van der Waals surface area contributed by atoms with Gasteiger partial charge in [-0.15, -0.1) is 0 Å². The molecule has 2 heterocycles. The van der Waals surface area contributed by atoms with Crippen LogP contribution in [0.3, 0.4) is 0 Å². The Bertz CT molecular complexity index is 278. The first-order chi connectivity index (χ1) is 7.83. The molecule has 1 nitrogen and oxygen atoms in total. The minimum Gasteiger partial charge on any atom is -0.498 e. The zero-order valence-corrected chi connectivity index (χ0v) is 11.0. The van der Waals surface area contributed by atoms with E-state index in [0.29, 0.717) is 6.10 Å². The van der Waals surface area contributed by atoms with Crippen LogP contribution in [0.5, 0.6) is 0 Å². The quantitative estimate of drug-likeness (QED) is 0.684. The maximum absolute atomic E-state index is 5.99. The highest BCUT2D eigenvalue weighted by atomic mass is 32.2. The van der Waals surface area contributed by atoms with Gasteiger partial charge >= 0.3 is 0 Å². The van der Waals surface area contributed by atoms with Crippen molar-refractivity contribution in [2.45, 2.75) is 68.5 Å². The summed E-state index contributed by atoms with van der Waals surface area (Å²) in [6.07, 6.45) is 12.1. The summed E-state index contributed by atoms with van der Waals surface area (Å²) in [5.74, 6) is 0.821. The van der Waals surface area contributed by atoms with E-state index >= 15 is 0 Å². The summed E-state index contributed by atoms with van der Waals surface area (Å²) in [7, 11) is 0. The van der Waals surface area contributed by atoms with Gasteiger partial charge in [0.15, 0.2) is 0 Å². The largest absolute Gasteiger partial charge is 0.498 e. The first kappa shape index (κ1) is 11.0. The summed E-state index contributed by atoms with van der Waals surface area (Å²) in [6, 6.07) is 0. The highest BCUT2D eigenvalue weighted by Crippen LogP contribution is 2.50. The Morgan fingerprint density at radius 2 is 2.12 bits per heavy atom. The van der Waals surface area contributed by atoms with Gasteiger partial charge in [-0.05, 0) is 57.4 Å². The summed E-state index contributed by atoms with van der Waals surface area (Å²) >= 11 is 2.23. The van der Waals surface area contributed by atoms with Gasteiger partial charge in [-0.1, -0.05) is 0 Å². The van der Waals surface area contributed by atoms with Crippen LogP contribution >= 0.6 is 11.8 Å². The Balaban J connectivity index is 1.53. The van der Waals surface area contributed by atoms with Crippen molar-refractivity contribution in [3.63, 3.8) is 0 Å². The van der Waals surface area contributed by atoms with Gasteiger partial charge in [0.05, 0.1) is 12.4 Å². The molecule has 0 aromatic rings. The Kier molecular flexibility index (Phi) is 3.19. The fourth-order valence-electron chi connectivity index (χ4n) is 3.42. The van der Waals surface area contributed by atoms with Gasteiger partial charge in [-0.2, -0.15) is 11.8 Å². The molecule has 2 aliphatic heterocycles. The van der Waals surface area contributed by atoms with E-state index in [1.54, 1.807) is 5.57 Å². The summed E-state index contributed by atoms with van der Waals surface area (Å²) in [5, 5.41) is 1.86. The number of ether oxygens (including phenoxy) is 1. The molecule has 2 saturated heterocycles. The predicted molar refractivity (Wildman–Crippen MR) is 69.6 cm³/mol. The SMILES string of the molecule is CC(OC=C1CCCC1)C1CC2CCC1S2. The van der Waals surface area contributed by atoms with Crippen LogP contribution in [0.15, 0.2) is 11.8 Å². The molecule has 3 rings (SSSR count). The Hall–Kier alpha value is -0.110. The molecule has 4 atom stereocenters. The predicted octanol–water partition coefficient (Wildman–Crippen LogP) is 4.13. The molecule has 0 radical (unpaired) electrons. The first-order valence-corrected chi connectivity index (χ1v) is 7.76. The molecule has 0 spiro atoms. The molecule has 3 fully saturated rings. The van der Waals surface area contributed by atoms with Crippen molar-refractivity contribution >= 4 is 11.8 Å². The molecule has 90 valence electrons. The van der Waals surface area contributed by atoms with Crippen LogP contribution < -0.4 is 0 Å². The smallest absolute Gasteiger partial charge is 0.0989 e. The van der Waals surface area contributed by atoms with Crippen molar-refractivity contribution in [3.05, 3.63) is 11.8 Å². The maximum atomic E-state index is 5.99. The minimum absolute atomic E-state index is 0.441. The molecule has 0 N–H and O–H groups in total. The van der Waals surface area contributed by atoms with Crippen LogP contribution in [-0.2, 0) is 4.74 Å². The van der Waals surface area contributed by atoms with Crippen LogP contribution in [-0.4, -0.2) is 16.6 Å². The number of allylic oxidation sites excluding steroid dienone is 1. The standard InChI is InChI=1S/C14H22OS/c1-10(15-9-11-4-2-3-5-11)13-8-12-6-7-14(13)16-12/h9-10,12-14H,2-8H2,1H3. The van der Waals surface area contributed by atoms with Crippen molar-refractivity contribution in [2.75, 3.05) is 0 Å². The van der Waals surface area contributed by atoms with Gasteiger partial charge in [0, 0.05) is 16.4 Å². The lowest BCUT2D eigenvalue weighted by atomic mass is 9.86. The van der Waals surface area contributed by atoms with Crippen molar-refractivity contribution in [2.24, 2.45) is 5.92 Å². The Morgan fingerprint density at radius 1 is 1.31 bits per heavy atom. The van der Waals surface area contributed by atoms with Gasteiger partial charge in [-0.25, -0.2) is 0 Å². The van der Waals surface area contributed by atoms with E-state index in [0.717, 1.165) is 16.4 Å². The lowest BCUT2D eigenvalue weighted by Crippen LogP contribution is -2.27. The Morgan fingerprint density at radius 3 is 2.75 bits per heavy atom. The molecular formula is C14H22OS. The molecule has 0 aromatic carbocycles. The summed E-state index contributed by atoms with van der Waals surface area (Å²) < 4.78 is 5.99. The second-order valence-corrected chi connectivity index (χ2v) is 7.14. The van der Waals surface area contributed by atoms with Crippen LogP contribution in [0.25, 0.3) is 0 Å². The zero-order chi connectivity index (χ0) is 11.0. The summed E-state index contributed by atoms with van der Waals surface area (Å²) in [6.45, 7) is 2.28. The van der Waals surface area contributed by atoms with Crippen LogP contribution in [0.4, 0.5) is 0 Å². The summed E-state index contributed by atoms with van der Waals surface area (Å²) in [4.78, 5) is 0. The third kappa shape index (κ3) is 2.13. The average Bonchev–Trinajstić information content (AvgIpc) is 3.01. The van der Waals surface area contributed by atoms with Gasteiger partial charge < -0.3 is 4.74 Å². The van der Waals surface area contributed by atoms with E-state index in [2.05, 4.69) is 24.9 Å². The summed E-state index contributed by atoms with van der Waals surface area (Å²) in [5.41, 5.74) is 1.54. The topological polar surface area (TPSA) is 9.23 Å². The van der Waals surface area contributed by atoms with Gasteiger partial charge in [0.1, 0.15) is 0 Å². The zero-order valence-electron chi connectivity index (χ0n) is 10.2. The normalized spacial score (nSPS) is 39.1. The fraction of sp³-hybridized carbons (Fsp3) is 0.857. The van der Waals surface area contributed by atoms with E-state index in [1.165, 1.54) is 44.9 Å². The molecular weight excluding hydrogens is 216 g/mol. The molecule has 2 bridgehead atoms. The number of hydrogen-bond acceptors (Lipinski definition) is 2. The van der Waals surface area contributed by atoms with E-state index in [1.807, 2.05) is 0 Å². The monoisotopic (exact) mass is 238 g/mol. The van der Waals surface area contributed by atoms with E-state index in [9.17, 15) is 0 Å². The fourth-order valence-corrected chi connectivity index (χ4v) is 5.33. The number of rotatable bonds is 3. The molecule has 1 aliphatic carbocycles. The van der Waals surface area contributed by atoms with Gasteiger partial charge in [0.2, 0.25) is 0 Å². The van der Waals surface area contributed by atoms with Crippen LogP contribution in [0.2, 0.25) is 0 Å². The Labute approximate surface area is 103 Å². The molecule has 0 aromatic heterocycles. The number of hydrogen-bond donors (Lipinski definition) is 0. The lowest BCUT2D eigenvalue weighted by Gasteiger charge is -2.26. The second kappa shape index (κ2) is 4.64. The van der Waals surface area contributed by atoms with Gasteiger partial charge in [-0.3, -0.25) is 0 Å². The molecule has 0 amide bonds. The van der Waals surface area contributed by atoms with Crippen molar-refractivity contribution < 1.29 is 4.74 Å². The third-order valence-electron chi connectivity index (χ3n) is 4.45. The molecule has 16 heavy (non-hydrogen) atoms. The van der Waals surface area contributed by atoms with Crippen LogP contribution in [0, 0.1) is 5.92 Å². The average molecular weight is 238 g/mol. The van der Waals surface area contributed by atoms with E-state index < -0.39 is 0 Å². The second-order valence-electron chi connectivity index (χ2n) is 5.60. The highest BCUT2D eigenvalue weighted by Gasteiger charge is 2.43. The van der Waals surface area contributed by atoms with Crippen molar-refractivity contribution in [3.8, 4) is 0 Å². The van der Waals surface area contributed by atoms with Crippen LogP contribution in [0.1, 0.15) is 51.9 Å². The first-order valence-electron chi connectivity index (χ1n) is 6.82. The molecule has 4 unspecified atom stereocenters. The van der Waals surface area contributed by atoms with E-state index in [-0.39, 0.29) is 0 Å². The highest BCUT2D eigenvalue weighted by molar-refractivity contribution is 8.01. The number of fused-ring (bicyclic) bond motifs is 2. The molecule has 2 heteroatoms.